The van der Waals surface area contributed by atoms with Gasteiger partial charge in [0, 0.05) is 6.42 Å². The summed E-state index contributed by atoms with van der Waals surface area (Å²) in [5.41, 5.74) is 6.09. The summed E-state index contributed by atoms with van der Waals surface area (Å²) in [6.45, 7) is 4.30. The summed E-state index contributed by atoms with van der Waals surface area (Å²) >= 11 is 0. The number of pyridine rings is 1. The minimum Gasteiger partial charge on any atom is -0.397 e. The summed E-state index contributed by atoms with van der Waals surface area (Å²) in [6, 6.07) is 3.42. The van der Waals surface area contributed by atoms with Gasteiger partial charge in [0.2, 0.25) is 5.91 Å². The standard InChI is InChI=1S/C12H19N3O/c1-9(2)4-3-5-12(16)15-11-7-6-10(13)8-14-11/h6-9H,3-5,13H2,1-2H3,(H,14,15,16). The van der Waals surface area contributed by atoms with E-state index >= 15 is 0 Å². The molecule has 0 aliphatic rings. The molecular weight excluding hydrogens is 202 g/mol. The van der Waals surface area contributed by atoms with Crippen LogP contribution in [0.15, 0.2) is 18.3 Å². The number of hydrogen-bond donors (Lipinski definition) is 2. The molecule has 0 radical (unpaired) electrons. The Morgan fingerprint density at radius 3 is 2.81 bits per heavy atom. The lowest BCUT2D eigenvalue weighted by Crippen LogP contribution is -2.12. The van der Waals surface area contributed by atoms with Crippen LogP contribution in [0.3, 0.4) is 0 Å². The molecule has 1 aromatic heterocycles. The molecule has 0 saturated carbocycles. The van der Waals surface area contributed by atoms with Gasteiger partial charge in [0.05, 0.1) is 11.9 Å². The largest absolute Gasteiger partial charge is 0.397 e. The van der Waals surface area contributed by atoms with Gasteiger partial charge in [-0.2, -0.15) is 0 Å². The van der Waals surface area contributed by atoms with E-state index in [1.807, 2.05) is 0 Å². The van der Waals surface area contributed by atoms with Crippen molar-refractivity contribution in [2.45, 2.75) is 33.1 Å². The minimum absolute atomic E-state index is 0.0120. The molecule has 1 heterocycles. The predicted molar refractivity (Wildman–Crippen MR) is 66.0 cm³/mol. The Morgan fingerprint density at radius 1 is 1.50 bits per heavy atom. The highest BCUT2D eigenvalue weighted by Crippen LogP contribution is 2.09. The quantitative estimate of drug-likeness (QED) is 0.802. The van der Waals surface area contributed by atoms with Crippen molar-refractivity contribution in [2.75, 3.05) is 11.1 Å². The van der Waals surface area contributed by atoms with Crippen LogP contribution in [-0.4, -0.2) is 10.9 Å². The average Bonchev–Trinajstić information content (AvgIpc) is 2.21. The van der Waals surface area contributed by atoms with Gasteiger partial charge in [-0.3, -0.25) is 4.79 Å². The topological polar surface area (TPSA) is 68.0 Å². The maximum absolute atomic E-state index is 11.5. The van der Waals surface area contributed by atoms with Gasteiger partial charge < -0.3 is 11.1 Å². The van der Waals surface area contributed by atoms with Crippen molar-refractivity contribution in [3.8, 4) is 0 Å². The van der Waals surface area contributed by atoms with Crippen LogP contribution >= 0.6 is 0 Å². The zero-order valence-electron chi connectivity index (χ0n) is 9.86. The van der Waals surface area contributed by atoms with Crippen LogP contribution in [0.1, 0.15) is 33.1 Å². The molecule has 1 aromatic rings. The van der Waals surface area contributed by atoms with E-state index in [2.05, 4.69) is 24.1 Å². The predicted octanol–water partition coefficient (Wildman–Crippen LogP) is 2.43. The number of aromatic nitrogens is 1. The van der Waals surface area contributed by atoms with Crippen molar-refractivity contribution in [1.82, 2.24) is 4.98 Å². The fourth-order valence-corrected chi connectivity index (χ4v) is 1.36. The molecule has 1 amide bonds. The van der Waals surface area contributed by atoms with Crippen LogP contribution in [0.2, 0.25) is 0 Å². The lowest BCUT2D eigenvalue weighted by molar-refractivity contribution is -0.116. The summed E-state index contributed by atoms with van der Waals surface area (Å²) in [7, 11) is 0. The third kappa shape index (κ3) is 4.77. The van der Waals surface area contributed by atoms with Crippen molar-refractivity contribution in [3.63, 3.8) is 0 Å². The van der Waals surface area contributed by atoms with E-state index < -0.39 is 0 Å². The first kappa shape index (κ1) is 12.5. The summed E-state index contributed by atoms with van der Waals surface area (Å²) in [5.74, 6) is 1.21. The Hall–Kier alpha value is -1.58. The molecule has 4 nitrogen and oxygen atoms in total. The van der Waals surface area contributed by atoms with Gasteiger partial charge >= 0.3 is 0 Å². The van der Waals surface area contributed by atoms with Crippen LogP contribution < -0.4 is 11.1 Å². The fraction of sp³-hybridized carbons (Fsp3) is 0.500. The molecule has 16 heavy (non-hydrogen) atoms. The highest BCUT2D eigenvalue weighted by atomic mass is 16.1. The average molecular weight is 221 g/mol. The molecule has 1 rings (SSSR count). The molecule has 0 aliphatic carbocycles. The van der Waals surface area contributed by atoms with E-state index in [9.17, 15) is 4.79 Å². The molecular formula is C12H19N3O. The molecule has 0 unspecified atom stereocenters. The lowest BCUT2D eigenvalue weighted by atomic mass is 10.1. The van der Waals surface area contributed by atoms with E-state index in [0.717, 1.165) is 12.8 Å². The van der Waals surface area contributed by atoms with E-state index in [1.54, 1.807) is 12.1 Å². The van der Waals surface area contributed by atoms with Gasteiger partial charge in [-0.25, -0.2) is 4.98 Å². The smallest absolute Gasteiger partial charge is 0.225 e. The Labute approximate surface area is 96.3 Å². The summed E-state index contributed by atoms with van der Waals surface area (Å²) in [4.78, 5) is 15.5. The Kier molecular flexibility index (Phi) is 4.76. The second-order valence-electron chi connectivity index (χ2n) is 4.31. The van der Waals surface area contributed by atoms with Crippen LogP contribution in [0.25, 0.3) is 0 Å². The maximum atomic E-state index is 11.5. The Bertz CT molecular complexity index is 333. The number of nitrogens with one attached hydrogen (secondary N) is 1. The second-order valence-corrected chi connectivity index (χ2v) is 4.31. The van der Waals surface area contributed by atoms with Crippen molar-refractivity contribution in [3.05, 3.63) is 18.3 Å². The number of nitrogen functional groups attached to an aromatic ring is 1. The zero-order chi connectivity index (χ0) is 12.0. The molecule has 0 bridgehead atoms. The number of nitrogens with two attached hydrogens (primary N) is 1. The molecule has 0 spiro atoms. The van der Waals surface area contributed by atoms with Gasteiger partial charge in [0.1, 0.15) is 5.82 Å². The molecule has 4 heteroatoms. The summed E-state index contributed by atoms with van der Waals surface area (Å²) < 4.78 is 0. The number of carbonyl (C=O) groups excluding carboxylic acids is 1. The van der Waals surface area contributed by atoms with Crippen molar-refractivity contribution >= 4 is 17.4 Å². The van der Waals surface area contributed by atoms with Crippen LogP contribution in [0.4, 0.5) is 11.5 Å². The zero-order valence-corrected chi connectivity index (χ0v) is 9.86. The highest BCUT2D eigenvalue weighted by Gasteiger charge is 2.03. The van der Waals surface area contributed by atoms with Gasteiger partial charge in [-0.15, -0.1) is 0 Å². The highest BCUT2D eigenvalue weighted by molar-refractivity contribution is 5.89. The third-order valence-corrected chi connectivity index (χ3v) is 2.24. The molecule has 0 fully saturated rings. The summed E-state index contributed by atoms with van der Waals surface area (Å²) in [5, 5.41) is 2.74. The van der Waals surface area contributed by atoms with E-state index in [4.69, 9.17) is 5.73 Å². The molecule has 88 valence electrons. The van der Waals surface area contributed by atoms with E-state index in [1.165, 1.54) is 6.20 Å². The Morgan fingerprint density at radius 2 is 2.25 bits per heavy atom. The second kappa shape index (κ2) is 6.10. The number of hydrogen-bond acceptors (Lipinski definition) is 3. The molecule has 0 atom stereocenters. The van der Waals surface area contributed by atoms with Crippen LogP contribution in [0, 0.1) is 5.92 Å². The normalized spacial score (nSPS) is 10.4. The van der Waals surface area contributed by atoms with E-state index in [-0.39, 0.29) is 5.91 Å². The molecule has 3 N–H and O–H groups in total. The number of anilines is 2. The third-order valence-electron chi connectivity index (χ3n) is 2.24. The number of nitrogens with zero attached hydrogens (tertiary/aromatic N) is 1. The first-order valence-corrected chi connectivity index (χ1v) is 5.59. The van der Waals surface area contributed by atoms with Crippen molar-refractivity contribution in [2.24, 2.45) is 5.92 Å². The SMILES string of the molecule is CC(C)CCCC(=O)Nc1ccc(N)cn1. The monoisotopic (exact) mass is 221 g/mol. The summed E-state index contributed by atoms with van der Waals surface area (Å²) in [6.07, 6.45) is 4.06. The lowest BCUT2D eigenvalue weighted by Gasteiger charge is -2.05. The van der Waals surface area contributed by atoms with E-state index in [0.29, 0.717) is 23.8 Å². The number of amides is 1. The number of carbonyl (C=O) groups is 1. The number of rotatable bonds is 5. The maximum Gasteiger partial charge on any atom is 0.225 e. The van der Waals surface area contributed by atoms with Crippen molar-refractivity contribution < 1.29 is 4.79 Å². The van der Waals surface area contributed by atoms with Gasteiger partial charge in [-0.1, -0.05) is 20.3 Å². The van der Waals surface area contributed by atoms with Crippen LogP contribution in [0.5, 0.6) is 0 Å². The Balaban J connectivity index is 2.31. The first-order valence-electron chi connectivity index (χ1n) is 5.59. The van der Waals surface area contributed by atoms with Crippen molar-refractivity contribution in [1.29, 1.82) is 0 Å². The fourth-order valence-electron chi connectivity index (χ4n) is 1.36. The molecule has 0 aromatic carbocycles. The minimum atomic E-state index is 0.0120. The van der Waals surface area contributed by atoms with Gasteiger partial charge in [0.25, 0.3) is 0 Å². The van der Waals surface area contributed by atoms with Gasteiger partial charge in [-0.05, 0) is 24.5 Å². The van der Waals surface area contributed by atoms with Gasteiger partial charge in [0.15, 0.2) is 0 Å². The molecule has 0 saturated heterocycles. The first-order chi connectivity index (χ1) is 7.58. The molecule has 0 aliphatic heterocycles. The van der Waals surface area contributed by atoms with Crippen LogP contribution in [-0.2, 0) is 4.79 Å².